The molecule has 0 aliphatic heterocycles. The molecule has 1 aromatic carbocycles. The molecule has 0 spiro atoms. The molecule has 0 amide bonds. The average Bonchev–Trinajstić information content (AvgIpc) is 2.42. The number of benzene rings is 1. The summed E-state index contributed by atoms with van der Waals surface area (Å²) in [6.07, 6.45) is 1.16. The molecule has 0 fully saturated rings. The van der Waals surface area contributed by atoms with Crippen LogP contribution in [0.3, 0.4) is 0 Å². The predicted octanol–water partition coefficient (Wildman–Crippen LogP) is 3.06. The summed E-state index contributed by atoms with van der Waals surface area (Å²) in [5, 5.41) is 0.795. The number of ether oxygens (including phenoxy) is 1. The first kappa shape index (κ1) is 16.6. The molecule has 2 aromatic rings. The third-order valence-corrected chi connectivity index (χ3v) is 3.71. The molecule has 118 valence electrons. The Labute approximate surface area is 137 Å². The summed E-state index contributed by atoms with van der Waals surface area (Å²) < 4.78 is 5.51. The normalized spacial score (nSPS) is 10.7. The lowest BCUT2D eigenvalue weighted by Crippen LogP contribution is -2.27. The highest BCUT2D eigenvalue weighted by Crippen LogP contribution is 2.34. The van der Waals surface area contributed by atoms with Crippen molar-refractivity contribution < 1.29 is 4.74 Å². The number of rotatable bonds is 5. The Morgan fingerprint density at radius 2 is 1.77 bits per heavy atom. The number of H-pyrrole nitrogens is 2. The highest BCUT2D eigenvalue weighted by Gasteiger charge is 2.12. The lowest BCUT2D eigenvalue weighted by atomic mass is 10.0. The van der Waals surface area contributed by atoms with Crippen LogP contribution in [0.4, 0.5) is 0 Å². The first-order chi connectivity index (χ1) is 10.4. The fraction of sp³-hybridized carbons (Fsp3) is 0.333. The van der Waals surface area contributed by atoms with Gasteiger partial charge in [-0.1, -0.05) is 30.1 Å². The Morgan fingerprint density at radius 3 is 2.32 bits per heavy atom. The van der Waals surface area contributed by atoms with E-state index in [0.717, 1.165) is 12.0 Å². The van der Waals surface area contributed by atoms with Crippen molar-refractivity contribution in [1.82, 2.24) is 9.97 Å². The van der Waals surface area contributed by atoms with Gasteiger partial charge in [-0.2, -0.15) is 0 Å². The smallest absolute Gasteiger partial charge is 0.325 e. The lowest BCUT2D eigenvalue weighted by Gasteiger charge is -2.11. The van der Waals surface area contributed by atoms with Crippen molar-refractivity contribution in [3.8, 4) is 5.75 Å². The number of nitrogens with one attached hydrogen (secondary N) is 2. The molecule has 7 heteroatoms. The van der Waals surface area contributed by atoms with Gasteiger partial charge in [0.25, 0.3) is 5.56 Å². The highest BCUT2D eigenvalue weighted by atomic mass is 35.5. The van der Waals surface area contributed by atoms with Crippen molar-refractivity contribution in [3.63, 3.8) is 0 Å². The quantitative estimate of drug-likeness (QED) is 0.876. The third-order valence-electron chi connectivity index (χ3n) is 3.14. The van der Waals surface area contributed by atoms with E-state index in [9.17, 15) is 9.59 Å². The van der Waals surface area contributed by atoms with Crippen LogP contribution >= 0.6 is 23.2 Å². The molecule has 0 saturated heterocycles. The molecular weight excluding hydrogens is 327 g/mol. The van der Waals surface area contributed by atoms with Crippen molar-refractivity contribution in [2.75, 3.05) is 6.61 Å². The number of halogens is 2. The van der Waals surface area contributed by atoms with E-state index in [1.54, 1.807) is 19.1 Å². The number of aromatic amines is 2. The Morgan fingerprint density at radius 1 is 1.14 bits per heavy atom. The van der Waals surface area contributed by atoms with Crippen LogP contribution in [0.1, 0.15) is 30.2 Å². The molecule has 0 bridgehead atoms. The molecule has 0 unspecified atom stereocenters. The van der Waals surface area contributed by atoms with Gasteiger partial charge < -0.3 is 9.72 Å². The summed E-state index contributed by atoms with van der Waals surface area (Å²) in [6.45, 7) is 4.19. The molecule has 2 rings (SSSR count). The van der Waals surface area contributed by atoms with E-state index in [0.29, 0.717) is 40.1 Å². The molecule has 0 atom stereocenters. The molecule has 0 aliphatic carbocycles. The van der Waals surface area contributed by atoms with E-state index in [1.165, 1.54) is 0 Å². The molecule has 22 heavy (non-hydrogen) atoms. The van der Waals surface area contributed by atoms with Crippen LogP contribution in [0.15, 0.2) is 21.7 Å². The van der Waals surface area contributed by atoms with Crippen molar-refractivity contribution in [2.45, 2.75) is 26.7 Å². The van der Waals surface area contributed by atoms with Crippen molar-refractivity contribution in [2.24, 2.45) is 0 Å². The fourth-order valence-electron chi connectivity index (χ4n) is 2.10. The van der Waals surface area contributed by atoms with E-state index in [4.69, 9.17) is 27.9 Å². The zero-order valence-corrected chi connectivity index (χ0v) is 13.8. The van der Waals surface area contributed by atoms with E-state index >= 15 is 0 Å². The third kappa shape index (κ3) is 3.72. The van der Waals surface area contributed by atoms with Crippen LogP contribution in [0.5, 0.6) is 5.75 Å². The maximum absolute atomic E-state index is 11.9. The fourth-order valence-corrected chi connectivity index (χ4v) is 2.74. The topological polar surface area (TPSA) is 75.0 Å². The van der Waals surface area contributed by atoms with E-state index in [-0.39, 0.29) is 0 Å². The highest BCUT2D eigenvalue weighted by molar-refractivity contribution is 6.37. The van der Waals surface area contributed by atoms with Crippen LogP contribution in [-0.2, 0) is 6.42 Å². The first-order valence-electron chi connectivity index (χ1n) is 6.85. The molecule has 5 nitrogen and oxygen atoms in total. The monoisotopic (exact) mass is 342 g/mol. The number of aryl methyl sites for hydroxylation is 1. The molecule has 1 aromatic heterocycles. The maximum Gasteiger partial charge on any atom is 0.325 e. The van der Waals surface area contributed by atoms with Gasteiger partial charge in [0.1, 0.15) is 0 Å². The van der Waals surface area contributed by atoms with Crippen LogP contribution < -0.4 is 16.0 Å². The maximum atomic E-state index is 11.9. The van der Waals surface area contributed by atoms with Gasteiger partial charge >= 0.3 is 5.69 Å². The second kappa shape index (κ2) is 7.03. The van der Waals surface area contributed by atoms with Gasteiger partial charge in [0.05, 0.1) is 16.7 Å². The standard InChI is InChI=1S/C15H16Cl2N2O3/c1-3-4-22-13-11(16)6-9(7-12(13)17)5-10-8(2)18-15(21)19-14(10)20/h6-7H,3-5H2,1-2H3,(H2,18,19,20,21). The molecule has 0 aliphatic rings. The minimum Gasteiger partial charge on any atom is -0.490 e. The lowest BCUT2D eigenvalue weighted by molar-refractivity contribution is 0.318. The van der Waals surface area contributed by atoms with Gasteiger partial charge in [-0.05, 0) is 31.0 Å². The summed E-state index contributed by atoms with van der Waals surface area (Å²) in [5.41, 5.74) is 0.811. The van der Waals surface area contributed by atoms with Gasteiger partial charge in [0.15, 0.2) is 5.75 Å². The summed E-state index contributed by atoms with van der Waals surface area (Å²) >= 11 is 12.4. The van der Waals surface area contributed by atoms with Crippen LogP contribution in [-0.4, -0.2) is 16.6 Å². The molecular formula is C15H16Cl2N2O3. The predicted molar refractivity (Wildman–Crippen MR) is 87.5 cm³/mol. The summed E-state index contributed by atoms with van der Waals surface area (Å²) in [7, 11) is 0. The number of hydrogen-bond donors (Lipinski definition) is 2. The second-order valence-corrected chi connectivity index (χ2v) is 5.74. The Kier molecular flexibility index (Phi) is 5.32. The van der Waals surface area contributed by atoms with Crippen LogP contribution in [0.2, 0.25) is 10.0 Å². The van der Waals surface area contributed by atoms with Gasteiger partial charge in [-0.15, -0.1) is 0 Å². The molecule has 1 heterocycles. The van der Waals surface area contributed by atoms with Gasteiger partial charge in [0.2, 0.25) is 0 Å². The average molecular weight is 343 g/mol. The summed E-state index contributed by atoms with van der Waals surface area (Å²) in [6, 6.07) is 3.42. The first-order valence-corrected chi connectivity index (χ1v) is 7.60. The SMILES string of the molecule is CCCOc1c(Cl)cc(Cc2c(C)[nH]c(=O)[nH]c2=O)cc1Cl. The molecule has 2 N–H and O–H groups in total. The zero-order chi connectivity index (χ0) is 16.3. The number of aromatic nitrogens is 2. The van der Waals surface area contributed by atoms with Crippen molar-refractivity contribution >= 4 is 23.2 Å². The van der Waals surface area contributed by atoms with Gasteiger partial charge in [0, 0.05) is 17.7 Å². The largest absolute Gasteiger partial charge is 0.490 e. The minimum absolute atomic E-state index is 0.311. The minimum atomic E-state index is -0.523. The van der Waals surface area contributed by atoms with E-state index in [1.807, 2.05) is 6.92 Å². The van der Waals surface area contributed by atoms with Crippen molar-refractivity contribution in [3.05, 3.63) is 59.8 Å². The Hall–Kier alpha value is -1.72. The van der Waals surface area contributed by atoms with Gasteiger partial charge in [-0.3, -0.25) is 9.78 Å². The van der Waals surface area contributed by atoms with Crippen LogP contribution in [0, 0.1) is 6.92 Å². The Balaban J connectivity index is 2.36. The second-order valence-electron chi connectivity index (χ2n) is 4.93. The zero-order valence-electron chi connectivity index (χ0n) is 12.3. The van der Waals surface area contributed by atoms with Crippen LogP contribution in [0.25, 0.3) is 0 Å². The molecule has 0 radical (unpaired) electrons. The summed E-state index contributed by atoms with van der Waals surface area (Å²) in [5.74, 6) is 0.445. The number of hydrogen-bond acceptors (Lipinski definition) is 3. The van der Waals surface area contributed by atoms with E-state index < -0.39 is 11.2 Å². The van der Waals surface area contributed by atoms with Gasteiger partial charge in [-0.25, -0.2) is 4.79 Å². The van der Waals surface area contributed by atoms with E-state index in [2.05, 4.69) is 9.97 Å². The summed E-state index contributed by atoms with van der Waals surface area (Å²) in [4.78, 5) is 27.9. The molecule has 0 saturated carbocycles. The van der Waals surface area contributed by atoms with Crippen molar-refractivity contribution in [1.29, 1.82) is 0 Å². The Bertz CT molecular complexity index is 773.